The first-order chi connectivity index (χ1) is 14.6. The predicted molar refractivity (Wildman–Crippen MR) is 123 cm³/mol. The molecule has 4 nitrogen and oxygen atoms in total. The molecule has 3 rings (SSSR count). The molecule has 0 radical (unpaired) electrons. The fourth-order valence-corrected chi connectivity index (χ4v) is 3.37. The second-order valence-electron chi connectivity index (χ2n) is 6.93. The molecule has 0 aromatic heterocycles. The molecule has 30 heavy (non-hydrogen) atoms. The number of ether oxygens (including phenoxy) is 1. The first-order valence-electron chi connectivity index (χ1n) is 10.2. The average Bonchev–Trinajstić information content (AvgIpc) is 2.79. The van der Waals surface area contributed by atoms with Gasteiger partial charge in [-0.2, -0.15) is 0 Å². The van der Waals surface area contributed by atoms with Gasteiger partial charge in [0.05, 0.1) is 0 Å². The Bertz CT molecular complexity index is 952. The van der Waals surface area contributed by atoms with Crippen molar-refractivity contribution in [2.75, 3.05) is 18.0 Å². The topological polar surface area (TPSA) is 41.6 Å². The van der Waals surface area contributed by atoms with E-state index in [1.807, 2.05) is 24.3 Å². The molecule has 0 unspecified atom stereocenters. The minimum atomic E-state index is -0.111. The van der Waals surface area contributed by atoms with Crippen molar-refractivity contribution in [2.45, 2.75) is 27.0 Å². The van der Waals surface area contributed by atoms with E-state index in [-0.39, 0.29) is 5.91 Å². The standard InChI is InChI=1S/C25H27ClN2O2/c1-3-28(4-2)22-13-9-19(10-14-22)17-27-25(29)20-11-15-23(16-12-20)30-18-21-7-5-6-8-24(21)26/h5-16H,3-4,17-18H2,1-2H3,(H,27,29). The Morgan fingerprint density at radius 3 is 2.23 bits per heavy atom. The van der Waals surface area contributed by atoms with Gasteiger partial charge in [0.2, 0.25) is 0 Å². The molecule has 0 aliphatic heterocycles. The summed E-state index contributed by atoms with van der Waals surface area (Å²) >= 11 is 6.15. The molecule has 0 atom stereocenters. The third-order valence-electron chi connectivity index (χ3n) is 4.99. The molecule has 0 heterocycles. The molecular weight excluding hydrogens is 396 g/mol. The Morgan fingerprint density at radius 2 is 1.60 bits per heavy atom. The first kappa shape index (κ1) is 21.7. The Hall–Kier alpha value is -2.98. The van der Waals surface area contributed by atoms with Crippen LogP contribution in [0.5, 0.6) is 5.75 Å². The highest BCUT2D eigenvalue weighted by molar-refractivity contribution is 6.31. The van der Waals surface area contributed by atoms with Gasteiger partial charge in [0.15, 0.2) is 0 Å². The van der Waals surface area contributed by atoms with Gasteiger partial charge in [-0.05, 0) is 61.9 Å². The zero-order valence-corrected chi connectivity index (χ0v) is 18.2. The molecule has 0 saturated heterocycles. The lowest BCUT2D eigenvalue weighted by Gasteiger charge is -2.21. The van der Waals surface area contributed by atoms with Gasteiger partial charge in [0.25, 0.3) is 5.91 Å². The number of benzene rings is 3. The molecular formula is C25H27ClN2O2. The second-order valence-corrected chi connectivity index (χ2v) is 7.33. The summed E-state index contributed by atoms with van der Waals surface area (Å²) < 4.78 is 5.77. The molecule has 0 fully saturated rings. The van der Waals surface area contributed by atoms with Crippen LogP contribution in [0, 0.1) is 0 Å². The van der Waals surface area contributed by atoms with E-state index >= 15 is 0 Å². The summed E-state index contributed by atoms with van der Waals surface area (Å²) in [6.45, 7) is 7.11. The molecule has 3 aromatic carbocycles. The summed E-state index contributed by atoms with van der Waals surface area (Å²) in [4.78, 5) is 14.7. The van der Waals surface area contributed by atoms with Crippen molar-refractivity contribution in [1.82, 2.24) is 5.32 Å². The number of amides is 1. The number of carbonyl (C=O) groups is 1. The molecule has 1 N–H and O–H groups in total. The van der Waals surface area contributed by atoms with Crippen molar-refractivity contribution in [2.24, 2.45) is 0 Å². The van der Waals surface area contributed by atoms with Crippen molar-refractivity contribution in [3.8, 4) is 5.75 Å². The largest absolute Gasteiger partial charge is 0.489 e. The van der Waals surface area contributed by atoms with Gasteiger partial charge in [0, 0.05) is 41.5 Å². The van der Waals surface area contributed by atoms with E-state index in [1.165, 1.54) is 5.69 Å². The summed E-state index contributed by atoms with van der Waals surface area (Å²) in [5, 5.41) is 3.65. The van der Waals surface area contributed by atoms with E-state index in [0.29, 0.717) is 29.5 Å². The maximum absolute atomic E-state index is 12.4. The Morgan fingerprint density at radius 1 is 0.933 bits per heavy atom. The fourth-order valence-electron chi connectivity index (χ4n) is 3.18. The van der Waals surface area contributed by atoms with E-state index in [4.69, 9.17) is 16.3 Å². The SMILES string of the molecule is CCN(CC)c1ccc(CNC(=O)c2ccc(OCc3ccccc3Cl)cc2)cc1. The van der Waals surface area contributed by atoms with Crippen molar-refractivity contribution in [3.63, 3.8) is 0 Å². The molecule has 1 amide bonds. The smallest absolute Gasteiger partial charge is 0.251 e. The minimum absolute atomic E-state index is 0.111. The van der Waals surface area contributed by atoms with Crippen LogP contribution >= 0.6 is 11.6 Å². The molecule has 3 aromatic rings. The van der Waals surface area contributed by atoms with E-state index in [0.717, 1.165) is 24.2 Å². The van der Waals surface area contributed by atoms with Gasteiger partial charge in [0.1, 0.15) is 12.4 Å². The third kappa shape index (κ3) is 5.77. The number of hydrogen-bond acceptors (Lipinski definition) is 3. The molecule has 0 aliphatic rings. The fraction of sp³-hybridized carbons (Fsp3) is 0.240. The van der Waals surface area contributed by atoms with Gasteiger partial charge in [-0.3, -0.25) is 4.79 Å². The Labute approximate surface area is 183 Å². The van der Waals surface area contributed by atoms with E-state index in [2.05, 4.69) is 48.3 Å². The second kappa shape index (κ2) is 10.7. The molecule has 5 heteroatoms. The zero-order valence-electron chi connectivity index (χ0n) is 17.4. The number of rotatable bonds is 9. The lowest BCUT2D eigenvalue weighted by molar-refractivity contribution is 0.0951. The number of hydrogen-bond donors (Lipinski definition) is 1. The summed E-state index contributed by atoms with van der Waals surface area (Å²) in [5.41, 5.74) is 3.79. The van der Waals surface area contributed by atoms with Crippen LogP contribution in [0.2, 0.25) is 5.02 Å². The van der Waals surface area contributed by atoms with E-state index < -0.39 is 0 Å². The quantitative estimate of drug-likeness (QED) is 0.481. The predicted octanol–water partition coefficient (Wildman–Crippen LogP) is 5.70. The lowest BCUT2D eigenvalue weighted by Crippen LogP contribution is -2.23. The van der Waals surface area contributed by atoms with Crippen LogP contribution in [0.1, 0.15) is 35.3 Å². The average molecular weight is 423 g/mol. The van der Waals surface area contributed by atoms with Crippen LogP contribution in [0.3, 0.4) is 0 Å². The summed E-state index contributed by atoms with van der Waals surface area (Å²) in [6, 6.07) is 23.0. The van der Waals surface area contributed by atoms with Crippen LogP contribution in [-0.2, 0) is 13.2 Å². The van der Waals surface area contributed by atoms with Crippen LogP contribution < -0.4 is 15.0 Å². The number of carbonyl (C=O) groups excluding carboxylic acids is 1. The van der Waals surface area contributed by atoms with Gasteiger partial charge >= 0.3 is 0 Å². The third-order valence-corrected chi connectivity index (χ3v) is 5.36. The Balaban J connectivity index is 1.51. The molecule has 0 spiro atoms. The monoisotopic (exact) mass is 422 g/mol. The van der Waals surface area contributed by atoms with Crippen LogP contribution in [-0.4, -0.2) is 19.0 Å². The van der Waals surface area contributed by atoms with Gasteiger partial charge in [-0.25, -0.2) is 0 Å². The number of nitrogens with one attached hydrogen (secondary N) is 1. The molecule has 0 aliphatic carbocycles. The molecule has 0 bridgehead atoms. The first-order valence-corrected chi connectivity index (χ1v) is 10.6. The summed E-state index contributed by atoms with van der Waals surface area (Å²) in [5.74, 6) is 0.582. The molecule has 156 valence electrons. The highest BCUT2D eigenvalue weighted by Crippen LogP contribution is 2.19. The maximum atomic E-state index is 12.4. The van der Waals surface area contributed by atoms with Crippen molar-refractivity contribution >= 4 is 23.2 Å². The van der Waals surface area contributed by atoms with Gasteiger partial charge in [-0.1, -0.05) is 41.9 Å². The molecule has 0 saturated carbocycles. The van der Waals surface area contributed by atoms with Crippen LogP contribution in [0.25, 0.3) is 0 Å². The summed E-state index contributed by atoms with van der Waals surface area (Å²) in [7, 11) is 0. The normalized spacial score (nSPS) is 10.5. The summed E-state index contributed by atoms with van der Waals surface area (Å²) in [6.07, 6.45) is 0. The van der Waals surface area contributed by atoms with Crippen LogP contribution in [0.15, 0.2) is 72.8 Å². The van der Waals surface area contributed by atoms with Gasteiger partial charge in [-0.15, -0.1) is 0 Å². The Kier molecular flexibility index (Phi) is 7.75. The van der Waals surface area contributed by atoms with Crippen LogP contribution in [0.4, 0.5) is 5.69 Å². The zero-order chi connectivity index (χ0) is 21.3. The minimum Gasteiger partial charge on any atom is -0.489 e. The van der Waals surface area contributed by atoms with Crippen molar-refractivity contribution < 1.29 is 9.53 Å². The van der Waals surface area contributed by atoms with Crippen molar-refractivity contribution in [1.29, 1.82) is 0 Å². The van der Waals surface area contributed by atoms with E-state index in [9.17, 15) is 4.79 Å². The highest BCUT2D eigenvalue weighted by atomic mass is 35.5. The highest BCUT2D eigenvalue weighted by Gasteiger charge is 2.07. The number of anilines is 1. The number of halogens is 1. The maximum Gasteiger partial charge on any atom is 0.251 e. The number of nitrogens with zero attached hydrogens (tertiary/aromatic N) is 1. The van der Waals surface area contributed by atoms with E-state index in [1.54, 1.807) is 24.3 Å². The van der Waals surface area contributed by atoms with Gasteiger partial charge < -0.3 is 15.0 Å². The van der Waals surface area contributed by atoms with Crippen molar-refractivity contribution in [3.05, 3.63) is 94.5 Å². The lowest BCUT2D eigenvalue weighted by atomic mass is 10.1.